The Morgan fingerprint density at radius 1 is 1.33 bits per heavy atom. The van der Waals surface area contributed by atoms with E-state index in [2.05, 4.69) is 20.3 Å². The van der Waals surface area contributed by atoms with Crippen LogP contribution in [0.25, 0.3) is 11.2 Å². The van der Waals surface area contributed by atoms with Gasteiger partial charge in [-0.15, -0.1) is 0 Å². The third kappa shape index (κ3) is 2.25. The maximum atomic E-state index is 9.84. The summed E-state index contributed by atoms with van der Waals surface area (Å²) >= 11 is 0. The van der Waals surface area contributed by atoms with Crippen molar-refractivity contribution in [2.45, 2.75) is 43.7 Å². The van der Waals surface area contributed by atoms with E-state index in [4.69, 9.17) is 9.84 Å². The van der Waals surface area contributed by atoms with Gasteiger partial charge in [-0.1, -0.05) is 0 Å². The molecule has 21 heavy (non-hydrogen) atoms. The molecule has 111 valence electrons. The number of nitrogens with zero attached hydrogens (tertiary/aromatic N) is 5. The van der Waals surface area contributed by atoms with Crippen LogP contribution in [0, 0.1) is 0 Å². The van der Waals surface area contributed by atoms with Gasteiger partial charge in [0.05, 0.1) is 25.1 Å². The molecule has 2 fully saturated rings. The fraction of sp³-hybridized carbons (Fsp3) is 0.615. The lowest BCUT2D eigenvalue weighted by atomic mass is 10.2. The van der Waals surface area contributed by atoms with Gasteiger partial charge in [0.1, 0.15) is 18.7 Å². The molecule has 8 nitrogen and oxygen atoms in total. The summed E-state index contributed by atoms with van der Waals surface area (Å²) < 4.78 is 7.41. The molecule has 2 aromatic heterocycles. The van der Waals surface area contributed by atoms with Crippen molar-refractivity contribution < 1.29 is 14.9 Å². The summed E-state index contributed by atoms with van der Waals surface area (Å²) in [6.45, 7) is -0.207. The van der Waals surface area contributed by atoms with Crippen LogP contribution in [0.2, 0.25) is 0 Å². The number of imidazole rings is 1. The first-order chi connectivity index (χ1) is 10.3. The second-order valence-corrected chi connectivity index (χ2v) is 5.50. The molecule has 1 aliphatic carbocycles. The molecule has 8 heteroatoms. The summed E-state index contributed by atoms with van der Waals surface area (Å²) in [5.41, 5.74) is 1.29. The Labute approximate surface area is 120 Å². The minimum absolute atomic E-state index is 0.207. The van der Waals surface area contributed by atoms with Gasteiger partial charge in [0.25, 0.3) is 0 Å². The highest BCUT2D eigenvalue weighted by molar-refractivity contribution is 5.80. The summed E-state index contributed by atoms with van der Waals surface area (Å²) in [5.74, 6) is 0.610. The Morgan fingerprint density at radius 3 is 2.90 bits per heavy atom. The Balaban J connectivity index is 1.67. The predicted octanol–water partition coefficient (Wildman–Crippen LogP) is -0.135. The van der Waals surface area contributed by atoms with Crippen LogP contribution in [-0.2, 0) is 4.74 Å². The molecule has 0 aromatic carbocycles. The Morgan fingerprint density at radius 2 is 2.19 bits per heavy atom. The molecule has 2 aliphatic rings. The largest absolute Gasteiger partial charge is 0.394 e. The van der Waals surface area contributed by atoms with Gasteiger partial charge in [0.2, 0.25) is 0 Å². The molecular formula is C13H16N5O3. The molecule has 3 atom stereocenters. The summed E-state index contributed by atoms with van der Waals surface area (Å²) in [6, 6.07) is 0.358. The Bertz CT molecular complexity index is 656. The molecule has 1 aliphatic heterocycles. The fourth-order valence-electron chi connectivity index (χ4n) is 2.57. The van der Waals surface area contributed by atoms with Crippen molar-refractivity contribution in [2.24, 2.45) is 0 Å². The van der Waals surface area contributed by atoms with E-state index >= 15 is 0 Å². The number of aliphatic hydroxyl groups excluding tert-OH is 2. The van der Waals surface area contributed by atoms with E-state index in [1.165, 1.54) is 6.33 Å². The van der Waals surface area contributed by atoms with Crippen LogP contribution in [0.5, 0.6) is 0 Å². The molecule has 0 amide bonds. The van der Waals surface area contributed by atoms with E-state index in [1.807, 2.05) is 0 Å². The lowest BCUT2D eigenvalue weighted by molar-refractivity contribution is -0.0432. The van der Waals surface area contributed by atoms with Crippen LogP contribution in [0.15, 0.2) is 12.7 Å². The average molecular weight is 290 g/mol. The van der Waals surface area contributed by atoms with E-state index in [9.17, 15) is 5.11 Å². The fourth-order valence-corrected chi connectivity index (χ4v) is 2.57. The lowest BCUT2D eigenvalue weighted by Gasteiger charge is -2.13. The van der Waals surface area contributed by atoms with Gasteiger partial charge in [0, 0.05) is 6.42 Å². The van der Waals surface area contributed by atoms with Crippen LogP contribution in [0.1, 0.15) is 25.5 Å². The molecule has 0 bridgehead atoms. The third-order valence-electron chi connectivity index (χ3n) is 3.89. The smallest absolute Gasteiger partial charge is 0.179 e. The van der Waals surface area contributed by atoms with Crippen LogP contribution < -0.4 is 5.32 Å². The van der Waals surface area contributed by atoms with Crippen molar-refractivity contribution in [3.05, 3.63) is 12.7 Å². The zero-order chi connectivity index (χ0) is 14.4. The van der Waals surface area contributed by atoms with Crippen LogP contribution >= 0.6 is 0 Å². The highest BCUT2D eigenvalue weighted by Crippen LogP contribution is 2.32. The van der Waals surface area contributed by atoms with Gasteiger partial charge in [-0.3, -0.25) is 9.88 Å². The average Bonchev–Trinajstić information content (AvgIpc) is 3.06. The third-order valence-corrected chi connectivity index (χ3v) is 3.89. The van der Waals surface area contributed by atoms with Crippen molar-refractivity contribution in [1.82, 2.24) is 24.8 Å². The highest BCUT2D eigenvalue weighted by Gasteiger charge is 2.35. The number of aliphatic hydroxyl groups is 2. The van der Waals surface area contributed by atoms with Gasteiger partial charge in [-0.25, -0.2) is 15.0 Å². The number of hydrogen-bond acceptors (Lipinski definition) is 6. The summed E-state index contributed by atoms with van der Waals surface area (Å²) in [4.78, 5) is 12.8. The molecule has 0 spiro atoms. The van der Waals surface area contributed by atoms with E-state index in [0.29, 0.717) is 29.4 Å². The second-order valence-electron chi connectivity index (χ2n) is 5.50. The number of fused-ring (bicyclic) bond motifs is 1. The van der Waals surface area contributed by atoms with Gasteiger partial charge in [-0.2, -0.15) is 0 Å². The first-order valence-electron chi connectivity index (χ1n) is 7.09. The Hall–Kier alpha value is -1.77. The molecule has 0 unspecified atom stereocenters. The summed E-state index contributed by atoms with van der Waals surface area (Å²) in [6.07, 6.45) is 4.06. The number of aromatic nitrogens is 4. The van der Waals surface area contributed by atoms with Gasteiger partial charge in [-0.05, 0) is 12.8 Å². The maximum absolute atomic E-state index is 9.84. The Kier molecular flexibility index (Phi) is 3.02. The molecule has 3 heterocycles. The van der Waals surface area contributed by atoms with Crippen molar-refractivity contribution in [3.8, 4) is 0 Å². The first kappa shape index (κ1) is 12.9. The SMILES string of the molecule is OC[C@H]1O[C@@H](n2cnc3c([N]C4CC4)ncnc32)C[C@@H]1O. The van der Waals surface area contributed by atoms with Gasteiger partial charge < -0.3 is 14.9 Å². The normalized spacial score (nSPS) is 29.1. The molecule has 1 saturated heterocycles. The minimum Gasteiger partial charge on any atom is -0.394 e. The zero-order valence-corrected chi connectivity index (χ0v) is 11.3. The highest BCUT2D eigenvalue weighted by atomic mass is 16.5. The van der Waals surface area contributed by atoms with Crippen molar-refractivity contribution in [3.63, 3.8) is 0 Å². The van der Waals surface area contributed by atoms with Crippen molar-refractivity contribution >= 4 is 17.0 Å². The van der Waals surface area contributed by atoms with Crippen LogP contribution in [0.4, 0.5) is 5.82 Å². The predicted molar refractivity (Wildman–Crippen MR) is 71.8 cm³/mol. The number of hydrogen-bond donors (Lipinski definition) is 2. The van der Waals surface area contributed by atoms with Crippen molar-refractivity contribution in [2.75, 3.05) is 6.61 Å². The zero-order valence-electron chi connectivity index (χ0n) is 11.3. The minimum atomic E-state index is -0.685. The second kappa shape index (κ2) is 4.90. The van der Waals surface area contributed by atoms with E-state index < -0.39 is 12.2 Å². The molecule has 1 radical (unpaired) electrons. The standard InChI is InChI=1S/C13H16N5O3/c19-4-9-8(20)3-10(21-9)18-6-16-11-12(17-7-1-2-7)14-5-15-13(11)18/h5-10,19-20H,1-4H2/t8-,9+,10+/m0/s1. The van der Waals surface area contributed by atoms with Gasteiger partial charge >= 0.3 is 0 Å². The van der Waals surface area contributed by atoms with Crippen molar-refractivity contribution in [1.29, 1.82) is 0 Å². The lowest BCUT2D eigenvalue weighted by Crippen LogP contribution is -2.24. The molecule has 2 aromatic rings. The van der Waals surface area contributed by atoms with Crippen LogP contribution in [-0.4, -0.2) is 54.6 Å². The summed E-state index contributed by atoms with van der Waals surface area (Å²) in [7, 11) is 0. The number of ether oxygens (including phenoxy) is 1. The van der Waals surface area contributed by atoms with E-state index in [1.54, 1.807) is 10.9 Å². The van der Waals surface area contributed by atoms with Crippen LogP contribution in [0.3, 0.4) is 0 Å². The van der Waals surface area contributed by atoms with E-state index in [-0.39, 0.29) is 12.8 Å². The number of rotatable bonds is 4. The molecular weight excluding hydrogens is 274 g/mol. The molecule has 2 N–H and O–H groups in total. The molecule has 4 rings (SSSR count). The van der Waals surface area contributed by atoms with E-state index in [0.717, 1.165) is 12.8 Å². The van der Waals surface area contributed by atoms with Gasteiger partial charge in [0.15, 0.2) is 17.0 Å². The maximum Gasteiger partial charge on any atom is 0.179 e. The molecule has 1 saturated carbocycles. The topological polar surface area (TPSA) is 107 Å². The summed E-state index contributed by atoms with van der Waals surface area (Å²) in [5, 5.41) is 23.5. The first-order valence-corrected chi connectivity index (χ1v) is 7.09. The quantitative estimate of drug-likeness (QED) is 0.812. The monoisotopic (exact) mass is 290 g/mol.